The summed E-state index contributed by atoms with van der Waals surface area (Å²) in [4.78, 5) is 13.0. The van der Waals surface area contributed by atoms with E-state index in [4.69, 9.17) is 27.6 Å². The second kappa shape index (κ2) is 8.89. The van der Waals surface area contributed by atoms with E-state index < -0.39 is 0 Å². The summed E-state index contributed by atoms with van der Waals surface area (Å²) < 4.78 is 5.80. The Morgan fingerprint density at radius 1 is 0.909 bits per heavy atom. The van der Waals surface area contributed by atoms with Crippen molar-refractivity contribution in [2.75, 3.05) is 0 Å². The highest BCUT2D eigenvalue weighted by Gasteiger charge is 2.60. The summed E-state index contributed by atoms with van der Waals surface area (Å²) in [5.41, 5.74) is 5.44. The first kappa shape index (κ1) is 21.5. The van der Waals surface area contributed by atoms with E-state index in [0.29, 0.717) is 21.6 Å². The molecule has 0 aliphatic heterocycles. The number of rotatable bonds is 6. The summed E-state index contributed by atoms with van der Waals surface area (Å²) in [6, 6.07) is 29.2. The zero-order valence-corrected chi connectivity index (χ0v) is 19.1. The molecule has 4 aromatic rings. The molecule has 1 aliphatic carbocycles. The first-order chi connectivity index (χ1) is 16.1. The molecule has 3 aromatic carbocycles. The van der Waals surface area contributed by atoms with Crippen molar-refractivity contribution < 1.29 is 9.21 Å². The number of carbonyl (C=O) groups excluding carboxylic acids is 1. The Morgan fingerprint density at radius 3 is 2.21 bits per heavy atom. The zero-order valence-electron chi connectivity index (χ0n) is 17.5. The van der Waals surface area contributed by atoms with Gasteiger partial charge >= 0.3 is 0 Å². The highest BCUT2D eigenvalue weighted by atomic mass is 35.5. The number of furan rings is 1. The molecule has 1 aliphatic rings. The van der Waals surface area contributed by atoms with Crippen LogP contribution < -0.4 is 5.43 Å². The molecule has 33 heavy (non-hydrogen) atoms. The van der Waals surface area contributed by atoms with Crippen molar-refractivity contribution in [2.45, 2.75) is 11.8 Å². The molecule has 164 valence electrons. The molecule has 1 amide bonds. The van der Waals surface area contributed by atoms with Gasteiger partial charge in [-0.2, -0.15) is 5.10 Å². The lowest BCUT2D eigenvalue weighted by Gasteiger charge is -2.18. The Kier molecular flexibility index (Phi) is 5.79. The largest absolute Gasteiger partial charge is 0.455 e. The highest BCUT2D eigenvalue weighted by molar-refractivity contribution is 6.42. The van der Waals surface area contributed by atoms with Gasteiger partial charge in [0.05, 0.1) is 22.2 Å². The molecule has 0 radical (unpaired) electrons. The molecule has 0 saturated heterocycles. The molecular weight excluding hydrogens is 455 g/mol. The second-order valence-corrected chi connectivity index (χ2v) is 8.84. The minimum Gasteiger partial charge on any atom is -0.455 e. The molecule has 1 atom stereocenters. The normalized spacial score (nSPS) is 16.6. The Morgan fingerprint density at radius 2 is 1.58 bits per heavy atom. The molecule has 1 N–H and O–H groups in total. The summed E-state index contributed by atoms with van der Waals surface area (Å²) >= 11 is 12.1. The van der Waals surface area contributed by atoms with Crippen LogP contribution in [0.4, 0.5) is 0 Å². The maximum absolute atomic E-state index is 13.0. The third kappa shape index (κ3) is 4.20. The lowest BCUT2D eigenvalue weighted by molar-refractivity contribution is -0.122. The number of carbonyl (C=O) groups is 1. The lowest BCUT2D eigenvalue weighted by Crippen LogP contribution is -2.25. The van der Waals surface area contributed by atoms with E-state index in [1.807, 2.05) is 48.5 Å². The SMILES string of the molecule is O=C(N/N=C/c1ccc(-c2ccc(Cl)c(Cl)c2)o1)C1CC1(c1ccccc1)c1ccccc1. The summed E-state index contributed by atoms with van der Waals surface area (Å²) in [5.74, 6) is 0.846. The Labute approximate surface area is 201 Å². The van der Waals surface area contributed by atoms with Gasteiger partial charge in [0.1, 0.15) is 11.5 Å². The van der Waals surface area contributed by atoms with Crippen molar-refractivity contribution in [1.82, 2.24) is 5.43 Å². The molecule has 0 spiro atoms. The number of hydrazone groups is 1. The van der Waals surface area contributed by atoms with Crippen molar-refractivity contribution in [2.24, 2.45) is 11.0 Å². The van der Waals surface area contributed by atoms with Crippen LogP contribution in [-0.2, 0) is 10.2 Å². The predicted molar refractivity (Wildman–Crippen MR) is 132 cm³/mol. The fourth-order valence-electron chi connectivity index (χ4n) is 4.32. The molecule has 1 fully saturated rings. The van der Waals surface area contributed by atoms with Gasteiger partial charge in [-0.1, -0.05) is 83.9 Å². The summed E-state index contributed by atoms with van der Waals surface area (Å²) in [6.45, 7) is 0. The predicted octanol–water partition coefficient (Wildman–Crippen LogP) is 6.71. The molecule has 1 heterocycles. The van der Waals surface area contributed by atoms with Gasteiger partial charge in [0, 0.05) is 11.0 Å². The summed E-state index contributed by atoms with van der Waals surface area (Å²) in [7, 11) is 0. The standard InChI is InChI=1S/C27H20Cl2N2O2/c28-23-13-11-18(15-24(23)29)25-14-12-21(33-25)17-30-31-26(32)22-16-27(22,19-7-3-1-4-8-19)20-9-5-2-6-10-20/h1-15,17,22H,16H2,(H,31,32)/b30-17+. The van der Waals surface area contributed by atoms with Crippen molar-refractivity contribution >= 4 is 35.3 Å². The molecule has 1 aromatic heterocycles. The van der Waals surface area contributed by atoms with Gasteiger partial charge in [0.2, 0.25) is 5.91 Å². The van der Waals surface area contributed by atoms with E-state index in [2.05, 4.69) is 34.8 Å². The van der Waals surface area contributed by atoms with Crippen LogP contribution in [0.2, 0.25) is 10.0 Å². The van der Waals surface area contributed by atoms with Crippen LogP contribution in [0.25, 0.3) is 11.3 Å². The number of hydrogen-bond acceptors (Lipinski definition) is 3. The van der Waals surface area contributed by atoms with Gasteiger partial charge in [-0.3, -0.25) is 4.79 Å². The molecule has 6 heteroatoms. The Hall–Kier alpha value is -3.34. The van der Waals surface area contributed by atoms with E-state index >= 15 is 0 Å². The molecule has 0 bridgehead atoms. The number of nitrogens with zero attached hydrogens (tertiary/aromatic N) is 1. The minimum absolute atomic E-state index is 0.116. The quantitative estimate of drug-likeness (QED) is 0.249. The molecule has 4 nitrogen and oxygen atoms in total. The second-order valence-electron chi connectivity index (χ2n) is 8.03. The van der Waals surface area contributed by atoms with Crippen LogP contribution in [0.3, 0.4) is 0 Å². The van der Waals surface area contributed by atoms with Gasteiger partial charge in [0.25, 0.3) is 0 Å². The van der Waals surface area contributed by atoms with Gasteiger partial charge < -0.3 is 4.42 Å². The third-order valence-electron chi connectivity index (χ3n) is 6.05. The van der Waals surface area contributed by atoms with Crippen LogP contribution >= 0.6 is 23.2 Å². The number of halogens is 2. The number of nitrogens with one attached hydrogen (secondary N) is 1. The van der Waals surface area contributed by atoms with E-state index in [1.54, 1.807) is 18.2 Å². The summed E-state index contributed by atoms with van der Waals surface area (Å²) in [5, 5.41) is 5.07. The van der Waals surface area contributed by atoms with Gasteiger partial charge in [-0.25, -0.2) is 5.43 Å². The first-order valence-corrected chi connectivity index (χ1v) is 11.3. The number of amides is 1. The maximum Gasteiger partial charge on any atom is 0.244 e. The van der Waals surface area contributed by atoms with Gasteiger partial charge in [-0.05, 0) is 47.9 Å². The monoisotopic (exact) mass is 474 g/mol. The van der Waals surface area contributed by atoms with Gasteiger partial charge in [0.15, 0.2) is 0 Å². The van der Waals surface area contributed by atoms with Crippen molar-refractivity contribution in [3.8, 4) is 11.3 Å². The fraction of sp³-hybridized carbons (Fsp3) is 0.111. The van der Waals surface area contributed by atoms with Crippen LogP contribution in [0.15, 0.2) is 101 Å². The average molecular weight is 475 g/mol. The lowest BCUT2D eigenvalue weighted by atomic mass is 9.85. The van der Waals surface area contributed by atoms with Crippen molar-refractivity contribution in [3.63, 3.8) is 0 Å². The smallest absolute Gasteiger partial charge is 0.244 e. The van der Waals surface area contributed by atoms with Crippen LogP contribution in [0.1, 0.15) is 23.3 Å². The van der Waals surface area contributed by atoms with E-state index in [-0.39, 0.29) is 17.2 Å². The minimum atomic E-state index is -0.326. The fourth-order valence-corrected chi connectivity index (χ4v) is 4.62. The van der Waals surface area contributed by atoms with E-state index in [0.717, 1.165) is 23.1 Å². The average Bonchev–Trinajstić information content (AvgIpc) is 3.45. The number of benzene rings is 3. The van der Waals surface area contributed by atoms with Gasteiger partial charge in [-0.15, -0.1) is 0 Å². The van der Waals surface area contributed by atoms with E-state index in [9.17, 15) is 4.79 Å². The van der Waals surface area contributed by atoms with E-state index in [1.165, 1.54) is 6.21 Å². The molecule has 1 saturated carbocycles. The molecule has 1 unspecified atom stereocenters. The van der Waals surface area contributed by atoms with Crippen molar-refractivity contribution in [1.29, 1.82) is 0 Å². The molecule has 5 rings (SSSR count). The zero-order chi connectivity index (χ0) is 22.8. The van der Waals surface area contributed by atoms with Crippen LogP contribution in [-0.4, -0.2) is 12.1 Å². The van der Waals surface area contributed by atoms with Crippen LogP contribution in [0, 0.1) is 5.92 Å². The Bertz CT molecular complexity index is 1280. The summed E-state index contributed by atoms with van der Waals surface area (Å²) in [6.07, 6.45) is 2.23. The van der Waals surface area contributed by atoms with Crippen LogP contribution in [0.5, 0.6) is 0 Å². The number of hydrogen-bond donors (Lipinski definition) is 1. The first-order valence-electron chi connectivity index (χ1n) is 10.6. The maximum atomic E-state index is 13.0. The molecular formula is C27H20Cl2N2O2. The topological polar surface area (TPSA) is 54.6 Å². The van der Waals surface area contributed by atoms with Crippen molar-refractivity contribution in [3.05, 3.63) is 118 Å². The highest BCUT2D eigenvalue weighted by Crippen LogP contribution is 2.58. The third-order valence-corrected chi connectivity index (χ3v) is 6.79. The Balaban J connectivity index is 1.30.